The summed E-state index contributed by atoms with van der Waals surface area (Å²) in [5.41, 5.74) is 0.376. The van der Waals surface area contributed by atoms with Crippen molar-refractivity contribution in [1.82, 2.24) is 9.97 Å². The second-order valence-electron chi connectivity index (χ2n) is 3.49. The molecule has 0 saturated heterocycles. The number of anilines is 1. The number of rotatable bonds is 4. The first kappa shape index (κ1) is 13.5. The quantitative estimate of drug-likeness (QED) is 0.877. The highest BCUT2D eigenvalue weighted by molar-refractivity contribution is 6.28. The molecule has 0 aliphatic heterocycles. The summed E-state index contributed by atoms with van der Waals surface area (Å²) in [5, 5.41) is 3.44. The van der Waals surface area contributed by atoms with Crippen LogP contribution in [0.1, 0.15) is 0 Å². The SMILES string of the molecule is CNc1nc(Cl)nc2cc(OC(F)F)c(OC)cc12. The van der Waals surface area contributed by atoms with E-state index in [1.165, 1.54) is 19.2 Å². The third kappa shape index (κ3) is 2.76. The molecule has 19 heavy (non-hydrogen) atoms. The van der Waals surface area contributed by atoms with E-state index in [9.17, 15) is 8.78 Å². The molecule has 8 heteroatoms. The largest absolute Gasteiger partial charge is 0.493 e. The number of aromatic nitrogens is 2. The van der Waals surface area contributed by atoms with E-state index < -0.39 is 6.61 Å². The van der Waals surface area contributed by atoms with Gasteiger partial charge in [0.25, 0.3) is 0 Å². The number of alkyl halides is 2. The van der Waals surface area contributed by atoms with E-state index in [0.29, 0.717) is 16.7 Å². The van der Waals surface area contributed by atoms with Crippen molar-refractivity contribution in [2.45, 2.75) is 6.61 Å². The monoisotopic (exact) mass is 289 g/mol. The van der Waals surface area contributed by atoms with E-state index in [4.69, 9.17) is 16.3 Å². The summed E-state index contributed by atoms with van der Waals surface area (Å²) in [6.07, 6.45) is 0. The minimum atomic E-state index is -2.95. The van der Waals surface area contributed by atoms with Crippen LogP contribution in [0.4, 0.5) is 14.6 Å². The average Bonchev–Trinajstić information content (AvgIpc) is 2.36. The highest BCUT2D eigenvalue weighted by Gasteiger charge is 2.15. The number of halogens is 3. The number of ether oxygens (including phenoxy) is 2. The molecule has 1 aromatic carbocycles. The fourth-order valence-electron chi connectivity index (χ4n) is 1.65. The van der Waals surface area contributed by atoms with Gasteiger partial charge in [0.1, 0.15) is 5.82 Å². The van der Waals surface area contributed by atoms with Crippen LogP contribution < -0.4 is 14.8 Å². The lowest BCUT2D eigenvalue weighted by atomic mass is 10.2. The van der Waals surface area contributed by atoms with E-state index in [1.54, 1.807) is 7.05 Å². The Morgan fingerprint density at radius 1 is 1.26 bits per heavy atom. The molecule has 0 saturated carbocycles. The zero-order valence-electron chi connectivity index (χ0n) is 10.1. The maximum Gasteiger partial charge on any atom is 0.387 e. The highest BCUT2D eigenvalue weighted by atomic mass is 35.5. The summed E-state index contributed by atoms with van der Waals surface area (Å²) in [4.78, 5) is 7.95. The molecule has 0 atom stereocenters. The van der Waals surface area contributed by atoms with Crippen LogP contribution in [0.15, 0.2) is 12.1 Å². The van der Waals surface area contributed by atoms with Crippen molar-refractivity contribution < 1.29 is 18.3 Å². The van der Waals surface area contributed by atoms with Crippen molar-refractivity contribution in [2.75, 3.05) is 19.5 Å². The Hall–Kier alpha value is -1.89. The van der Waals surface area contributed by atoms with E-state index in [1.807, 2.05) is 0 Å². The van der Waals surface area contributed by atoms with Crippen molar-refractivity contribution in [2.24, 2.45) is 0 Å². The predicted molar refractivity (Wildman–Crippen MR) is 67.3 cm³/mol. The number of benzene rings is 1. The molecule has 0 aliphatic rings. The molecule has 0 spiro atoms. The summed E-state index contributed by atoms with van der Waals surface area (Å²) >= 11 is 5.75. The van der Waals surface area contributed by atoms with Gasteiger partial charge in [0, 0.05) is 18.5 Å². The van der Waals surface area contributed by atoms with Crippen molar-refractivity contribution in [3.8, 4) is 11.5 Å². The Bertz CT molecular complexity index is 610. The highest BCUT2D eigenvalue weighted by Crippen LogP contribution is 2.35. The molecule has 0 aliphatic carbocycles. The topological polar surface area (TPSA) is 56.3 Å². The molecule has 2 rings (SSSR count). The Balaban J connectivity index is 2.66. The van der Waals surface area contributed by atoms with Crippen LogP contribution in [0.2, 0.25) is 5.28 Å². The zero-order chi connectivity index (χ0) is 14.0. The van der Waals surface area contributed by atoms with Crippen molar-refractivity contribution in [3.05, 3.63) is 17.4 Å². The molecule has 0 fully saturated rings. The van der Waals surface area contributed by atoms with Crippen molar-refractivity contribution >= 4 is 28.3 Å². The van der Waals surface area contributed by atoms with E-state index in [2.05, 4.69) is 20.0 Å². The summed E-state index contributed by atoms with van der Waals surface area (Å²) in [5.74, 6) is 0.522. The average molecular weight is 290 g/mol. The van der Waals surface area contributed by atoms with E-state index >= 15 is 0 Å². The molecule has 0 radical (unpaired) electrons. The first-order valence-corrected chi connectivity index (χ1v) is 5.60. The lowest BCUT2D eigenvalue weighted by molar-refractivity contribution is -0.0511. The number of hydrogen-bond acceptors (Lipinski definition) is 5. The minimum Gasteiger partial charge on any atom is -0.493 e. The van der Waals surface area contributed by atoms with Gasteiger partial charge >= 0.3 is 6.61 Å². The predicted octanol–water partition coefficient (Wildman–Crippen LogP) is 2.93. The molecule has 1 heterocycles. The van der Waals surface area contributed by atoms with Crippen LogP contribution in [-0.2, 0) is 0 Å². The van der Waals surface area contributed by atoms with Crippen molar-refractivity contribution in [1.29, 1.82) is 0 Å². The summed E-state index contributed by atoms with van der Waals surface area (Å²) in [7, 11) is 3.02. The maximum atomic E-state index is 12.3. The van der Waals surface area contributed by atoms with E-state index in [0.717, 1.165) is 0 Å². The Morgan fingerprint density at radius 3 is 2.58 bits per heavy atom. The number of nitrogens with one attached hydrogen (secondary N) is 1. The van der Waals surface area contributed by atoms with Gasteiger partial charge in [-0.15, -0.1) is 0 Å². The van der Waals surface area contributed by atoms with Gasteiger partial charge in [0.2, 0.25) is 5.28 Å². The van der Waals surface area contributed by atoms with Gasteiger partial charge < -0.3 is 14.8 Å². The Morgan fingerprint density at radius 2 is 2.00 bits per heavy atom. The van der Waals surface area contributed by atoms with Gasteiger partial charge in [-0.2, -0.15) is 8.78 Å². The Kier molecular flexibility index (Phi) is 3.84. The van der Waals surface area contributed by atoms with Gasteiger partial charge in [-0.25, -0.2) is 9.97 Å². The molecule has 5 nitrogen and oxygen atoms in total. The Labute approximate surface area is 112 Å². The molecule has 1 N–H and O–H groups in total. The summed E-state index contributed by atoms with van der Waals surface area (Å²) in [6, 6.07) is 2.84. The van der Waals surface area contributed by atoms with Crippen LogP contribution in [0.5, 0.6) is 11.5 Å². The molecular formula is C11H10ClF2N3O2. The van der Waals surface area contributed by atoms with Crippen LogP contribution in [-0.4, -0.2) is 30.7 Å². The lowest BCUT2D eigenvalue weighted by Gasteiger charge is -2.12. The maximum absolute atomic E-state index is 12.3. The minimum absolute atomic E-state index is 0.00464. The first-order chi connectivity index (χ1) is 9.05. The molecule has 0 amide bonds. The summed E-state index contributed by atoms with van der Waals surface area (Å²) in [6.45, 7) is -2.95. The number of fused-ring (bicyclic) bond motifs is 1. The summed E-state index contributed by atoms with van der Waals surface area (Å²) < 4.78 is 34.0. The lowest BCUT2D eigenvalue weighted by Crippen LogP contribution is -2.04. The third-order valence-electron chi connectivity index (χ3n) is 2.41. The molecule has 102 valence electrons. The number of hydrogen-bond donors (Lipinski definition) is 1. The second kappa shape index (κ2) is 5.40. The van der Waals surface area contributed by atoms with Gasteiger partial charge in [-0.05, 0) is 17.7 Å². The van der Waals surface area contributed by atoms with Gasteiger partial charge in [0.15, 0.2) is 11.5 Å². The first-order valence-electron chi connectivity index (χ1n) is 5.23. The van der Waals surface area contributed by atoms with Gasteiger partial charge in [-0.3, -0.25) is 0 Å². The zero-order valence-corrected chi connectivity index (χ0v) is 10.8. The second-order valence-corrected chi connectivity index (χ2v) is 3.83. The molecule has 1 aromatic heterocycles. The van der Waals surface area contributed by atoms with E-state index in [-0.39, 0.29) is 16.8 Å². The molecule has 0 unspecified atom stereocenters. The molecular weight excluding hydrogens is 280 g/mol. The number of nitrogens with zero attached hydrogens (tertiary/aromatic N) is 2. The standard InChI is InChI=1S/C11H10ClF2N3O2/c1-15-9-5-3-7(18-2)8(19-11(13)14)4-6(5)16-10(12)17-9/h3-4,11H,1-2H3,(H,15,16,17). The normalized spacial score (nSPS) is 10.8. The van der Waals surface area contributed by atoms with Gasteiger partial charge in [-0.1, -0.05) is 0 Å². The fraction of sp³-hybridized carbons (Fsp3) is 0.273. The van der Waals surface area contributed by atoms with Gasteiger partial charge in [0.05, 0.1) is 12.6 Å². The van der Waals surface area contributed by atoms with Crippen LogP contribution in [0, 0.1) is 0 Å². The third-order valence-corrected chi connectivity index (χ3v) is 2.58. The van der Waals surface area contributed by atoms with Crippen LogP contribution in [0.3, 0.4) is 0 Å². The smallest absolute Gasteiger partial charge is 0.387 e. The van der Waals surface area contributed by atoms with Crippen LogP contribution >= 0.6 is 11.6 Å². The van der Waals surface area contributed by atoms with Crippen LogP contribution in [0.25, 0.3) is 10.9 Å². The molecule has 2 aromatic rings. The molecule has 0 bridgehead atoms. The van der Waals surface area contributed by atoms with Crippen molar-refractivity contribution in [3.63, 3.8) is 0 Å². The number of methoxy groups -OCH3 is 1. The fourth-order valence-corrected chi connectivity index (χ4v) is 1.82.